The molecule has 0 atom stereocenters. The van der Waals surface area contributed by atoms with Gasteiger partial charge in [0.1, 0.15) is 9.88 Å². The molecule has 19 heavy (non-hydrogen) atoms. The predicted octanol–water partition coefficient (Wildman–Crippen LogP) is 3.27. The highest BCUT2D eigenvalue weighted by atomic mass is 32.1. The van der Waals surface area contributed by atoms with Gasteiger partial charge in [0.15, 0.2) is 0 Å². The highest BCUT2D eigenvalue weighted by molar-refractivity contribution is 7.14. The number of aromatic nitrogens is 1. The van der Waals surface area contributed by atoms with E-state index in [-0.39, 0.29) is 4.88 Å². The van der Waals surface area contributed by atoms with Gasteiger partial charge in [0.2, 0.25) is 0 Å². The van der Waals surface area contributed by atoms with Crippen molar-refractivity contribution in [2.24, 2.45) is 0 Å². The van der Waals surface area contributed by atoms with Crippen LogP contribution in [0, 0.1) is 13.8 Å². The molecule has 0 radical (unpaired) electrons. The molecule has 2 rings (SSSR count). The first kappa shape index (κ1) is 13.7. The van der Waals surface area contributed by atoms with E-state index in [9.17, 15) is 9.90 Å². The van der Waals surface area contributed by atoms with Crippen LogP contribution >= 0.6 is 11.3 Å². The quantitative estimate of drug-likeness (QED) is 0.931. The van der Waals surface area contributed by atoms with Crippen LogP contribution in [0.5, 0.6) is 0 Å². The molecule has 1 heterocycles. The lowest BCUT2D eigenvalue weighted by Crippen LogP contribution is -1.96. The molecule has 0 aliphatic heterocycles. The van der Waals surface area contributed by atoms with Gasteiger partial charge in [-0.15, -0.1) is 11.3 Å². The van der Waals surface area contributed by atoms with Crippen LogP contribution in [0.2, 0.25) is 0 Å². The number of carboxylic acids is 1. The van der Waals surface area contributed by atoms with Crippen LogP contribution in [0.4, 0.5) is 0 Å². The summed E-state index contributed by atoms with van der Waals surface area (Å²) in [5, 5.41) is 9.94. The number of benzene rings is 1. The van der Waals surface area contributed by atoms with Crippen LogP contribution in [0.3, 0.4) is 0 Å². The van der Waals surface area contributed by atoms with Crippen molar-refractivity contribution in [2.75, 3.05) is 7.11 Å². The Bertz CT molecular complexity index is 619. The second kappa shape index (κ2) is 5.50. The van der Waals surface area contributed by atoms with E-state index in [0.717, 1.165) is 22.5 Å². The highest BCUT2D eigenvalue weighted by Crippen LogP contribution is 2.29. The summed E-state index contributed by atoms with van der Waals surface area (Å²) < 4.78 is 5.01. The van der Waals surface area contributed by atoms with Crippen LogP contribution in [-0.2, 0) is 11.3 Å². The van der Waals surface area contributed by atoms with E-state index >= 15 is 0 Å². The molecular weight excluding hydrogens is 262 g/mol. The molecule has 0 amide bonds. The third-order valence-electron chi connectivity index (χ3n) is 2.91. The number of ether oxygens (including phenoxy) is 1. The number of methoxy groups -OCH3 is 1. The van der Waals surface area contributed by atoms with E-state index in [0.29, 0.717) is 17.3 Å². The summed E-state index contributed by atoms with van der Waals surface area (Å²) in [7, 11) is 1.57. The van der Waals surface area contributed by atoms with Gasteiger partial charge >= 0.3 is 5.97 Å². The molecule has 1 aromatic heterocycles. The molecule has 0 unspecified atom stereocenters. The van der Waals surface area contributed by atoms with Gasteiger partial charge in [0.25, 0.3) is 0 Å². The SMILES string of the molecule is COCc1nc(-c2ccc(C)c(C)c2)c(C(=O)O)s1. The van der Waals surface area contributed by atoms with Gasteiger partial charge in [-0.2, -0.15) is 0 Å². The Morgan fingerprint density at radius 3 is 2.68 bits per heavy atom. The van der Waals surface area contributed by atoms with E-state index < -0.39 is 5.97 Å². The Kier molecular flexibility index (Phi) is 3.97. The zero-order valence-corrected chi connectivity index (χ0v) is 11.9. The largest absolute Gasteiger partial charge is 0.477 e. The van der Waals surface area contributed by atoms with Gasteiger partial charge in [0.05, 0.1) is 12.3 Å². The number of hydrogen-bond donors (Lipinski definition) is 1. The molecule has 0 aliphatic rings. The summed E-state index contributed by atoms with van der Waals surface area (Å²) in [5.74, 6) is -0.951. The summed E-state index contributed by atoms with van der Waals surface area (Å²) >= 11 is 1.16. The Balaban J connectivity index is 2.53. The fourth-order valence-corrected chi connectivity index (χ4v) is 2.68. The second-order valence-electron chi connectivity index (χ2n) is 4.32. The van der Waals surface area contributed by atoms with E-state index in [4.69, 9.17) is 4.74 Å². The van der Waals surface area contributed by atoms with Crippen LogP contribution in [0.1, 0.15) is 25.8 Å². The molecule has 0 spiro atoms. The molecule has 5 heteroatoms. The average Bonchev–Trinajstić information content (AvgIpc) is 2.77. The summed E-state index contributed by atoms with van der Waals surface area (Å²) in [6, 6.07) is 5.85. The van der Waals surface area contributed by atoms with E-state index in [1.54, 1.807) is 7.11 Å². The third kappa shape index (κ3) is 2.83. The van der Waals surface area contributed by atoms with Crippen molar-refractivity contribution >= 4 is 17.3 Å². The van der Waals surface area contributed by atoms with Gasteiger partial charge < -0.3 is 9.84 Å². The first-order valence-corrected chi connectivity index (χ1v) is 6.64. The summed E-state index contributed by atoms with van der Waals surface area (Å²) in [5.41, 5.74) is 3.65. The van der Waals surface area contributed by atoms with Crippen LogP contribution < -0.4 is 0 Å². The maximum Gasteiger partial charge on any atom is 0.348 e. The normalized spacial score (nSPS) is 10.7. The lowest BCUT2D eigenvalue weighted by atomic mass is 10.0. The first-order valence-electron chi connectivity index (χ1n) is 5.82. The first-order chi connectivity index (χ1) is 9.02. The van der Waals surface area contributed by atoms with Crippen molar-refractivity contribution in [1.29, 1.82) is 0 Å². The highest BCUT2D eigenvalue weighted by Gasteiger charge is 2.18. The minimum absolute atomic E-state index is 0.260. The van der Waals surface area contributed by atoms with Gasteiger partial charge in [-0.3, -0.25) is 0 Å². The molecular formula is C14H15NO3S. The molecule has 1 aromatic carbocycles. The molecule has 0 aliphatic carbocycles. The number of carbonyl (C=O) groups is 1. The van der Waals surface area contributed by atoms with Crippen LogP contribution in [-0.4, -0.2) is 23.2 Å². The monoisotopic (exact) mass is 277 g/mol. The van der Waals surface area contributed by atoms with Gasteiger partial charge in [-0.1, -0.05) is 12.1 Å². The molecule has 0 bridgehead atoms. The van der Waals surface area contributed by atoms with Crippen molar-refractivity contribution in [3.05, 3.63) is 39.2 Å². The zero-order valence-electron chi connectivity index (χ0n) is 11.1. The number of aryl methyl sites for hydroxylation is 2. The lowest BCUT2D eigenvalue weighted by Gasteiger charge is -2.03. The second-order valence-corrected chi connectivity index (χ2v) is 5.41. The van der Waals surface area contributed by atoms with E-state index in [1.165, 1.54) is 5.56 Å². The van der Waals surface area contributed by atoms with Gasteiger partial charge in [-0.25, -0.2) is 9.78 Å². The van der Waals surface area contributed by atoms with E-state index in [1.807, 2.05) is 32.0 Å². The summed E-state index contributed by atoms with van der Waals surface area (Å²) in [4.78, 5) is 15.9. The number of hydrogen-bond acceptors (Lipinski definition) is 4. The topological polar surface area (TPSA) is 59.4 Å². The Labute approximate surface area is 115 Å². The van der Waals surface area contributed by atoms with Crippen LogP contribution in [0.15, 0.2) is 18.2 Å². The van der Waals surface area contributed by atoms with Crippen molar-refractivity contribution < 1.29 is 14.6 Å². The van der Waals surface area contributed by atoms with Gasteiger partial charge in [-0.05, 0) is 31.0 Å². The predicted molar refractivity (Wildman–Crippen MR) is 74.7 cm³/mol. The van der Waals surface area contributed by atoms with Crippen molar-refractivity contribution in [2.45, 2.75) is 20.5 Å². The summed E-state index contributed by atoms with van der Waals surface area (Å²) in [6.45, 7) is 4.35. The van der Waals surface area contributed by atoms with Crippen LogP contribution in [0.25, 0.3) is 11.3 Å². The number of nitrogens with zero attached hydrogens (tertiary/aromatic N) is 1. The minimum Gasteiger partial charge on any atom is -0.477 e. The van der Waals surface area contributed by atoms with Crippen molar-refractivity contribution in [3.8, 4) is 11.3 Å². The molecule has 1 N–H and O–H groups in total. The Morgan fingerprint density at radius 2 is 2.11 bits per heavy atom. The van der Waals surface area contributed by atoms with E-state index in [2.05, 4.69) is 4.98 Å². The lowest BCUT2D eigenvalue weighted by molar-refractivity contribution is 0.0702. The maximum atomic E-state index is 11.3. The smallest absolute Gasteiger partial charge is 0.348 e. The summed E-state index contributed by atoms with van der Waals surface area (Å²) in [6.07, 6.45) is 0. The Hall–Kier alpha value is -1.72. The molecule has 0 saturated heterocycles. The fourth-order valence-electron chi connectivity index (χ4n) is 1.78. The fraction of sp³-hybridized carbons (Fsp3) is 0.286. The maximum absolute atomic E-state index is 11.3. The van der Waals surface area contributed by atoms with Crippen molar-refractivity contribution in [3.63, 3.8) is 0 Å². The average molecular weight is 277 g/mol. The molecule has 0 fully saturated rings. The standard InChI is InChI=1S/C14H15NO3S/c1-8-4-5-10(6-9(8)2)12-13(14(16)17)19-11(15-12)7-18-3/h4-6H,7H2,1-3H3,(H,16,17). The number of aromatic carboxylic acids is 1. The van der Waals surface area contributed by atoms with Crippen molar-refractivity contribution in [1.82, 2.24) is 4.98 Å². The molecule has 4 nitrogen and oxygen atoms in total. The third-order valence-corrected chi connectivity index (χ3v) is 3.93. The number of thiazole rings is 1. The minimum atomic E-state index is -0.951. The van der Waals surface area contributed by atoms with Gasteiger partial charge in [0, 0.05) is 12.7 Å². The molecule has 0 saturated carbocycles. The number of rotatable bonds is 4. The molecule has 2 aromatic rings. The zero-order chi connectivity index (χ0) is 14.0. The molecule has 100 valence electrons. The Morgan fingerprint density at radius 1 is 1.37 bits per heavy atom. The number of carboxylic acid groups (broad SMARTS) is 1.